The van der Waals surface area contributed by atoms with E-state index in [1.807, 2.05) is 0 Å². The molecule has 3 rings (SSSR count). The Kier molecular flexibility index (Phi) is 4.54. The molecule has 1 aliphatic heterocycles. The quantitative estimate of drug-likeness (QED) is 0.852. The first-order valence-electron chi connectivity index (χ1n) is 7.60. The molecule has 1 aliphatic rings. The molecule has 0 aromatic heterocycles. The first kappa shape index (κ1) is 17.1. The van der Waals surface area contributed by atoms with E-state index in [0.29, 0.717) is 30.0 Å². The number of hydrogen-bond acceptors (Lipinski definition) is 5. The van der Waals surface area contributed by atoms with Crippen LogP contribution in [0.15, 0.2) is 41.3 Å². The van der Waals surface area contributed by atoms with Gasteiger partial charge in [0.1, 0.15) is 16.4 Å². The maximum Gasteiger partial charge on any atom is 0.265 e. The maximum atomic E-state index is 12.7. The number of fused-ring (bicyclic) bond motifs is 1. The zero-order valence-electron chi connectivity index (χ0n) is 13.8. The van der Waals surface area contributed by atoms with Gasteiger partial charge >= 0.3 is 0 Å². The van der Waals surface area contributed by atoms with Crippen LogP contribution in [0.25, 0.3) is 0 Å². The number of methoxy groups -OCH3 is 2. The minimum absolute atomic E-state index is 0.0156. The minimum atomic E-state index is -3.84. The summed E-state index contributed by atoms with van der Waals surface area (Å²) < 4.78 is 38.2. The summed E-state index contributed by atoms with van der Waals surface area (Å²) in [6.45, 7) is 0. The molecule has 0 radical (unpaired) electrons. The number of amides is 1. The molecule has 0 aliphatic carbocycles. The van der Waals surface area contributed by atoms with Gasteiger partial charge in [0, 0.05) is 23.9 Å². The Labute approximate surface area is 146 Å². The summed E-state index contributed by atoms with van der Waals surface area (Å²) in [5.41, 5.74) is 2.02. The van der Waals surface area contributed by atoms with Crippen LogP contribution in [0.1, 0.15) is 12.0 Å². The Bertz CT molecular complexity index is 925. The van der Waals surface area contributed by atoms with Gasteiger partial charge in [0.2, 0.25) is 5.91 Å². The molecule has 0 unspecified atom stereocenters. The van der Waals surface area contributed by atoms with Crippen LogP contribution in [0.3, 0.4) is 0 Å². The van der Waals surface area contributed by atoms with Crippen LogP contribution >= 0.6 is 0 Å². The van der Waals surface area contributed by atoms with Gasteiger partial charge in [-0.3, -0.25) is 9.52 Å². The summed E-state index contributed by atoms with van der Waals surface area (Å²) in [4.78, 5) is 11.4. The van der Waals surface area contributed by atoms with Gasteiger partial charge in [0.15, 0.2) is 0 Å². The molecule has 1 amide bonds. The number of anilines is 2. The third-order valence-electron chi connectivity index (χ3n) is 3.91. The molecular weight excluding hydrogens is 344 g/mol. The van der Waals surface area contributed by atoms with E-state index in [9.17, 15) is 13.2 Å². The van der Waals surface area contributed by atoms with Gasteiger partial charge in [0.25, 0.3) is 10.0 Å². The van der Waals surface area contributed by atoms with Crippen molar-refractivity contribution in [2.75, 3.05) is 24.3 Å². The van der Waals surface area contributed by atoms with Crippen molar-refractivity contribution in [3.8, 4) is 11.5 Å². The van der Waals surface area contributed by atoms with E-state index in [0.717, 1.165) is 5.56 Å². The second kappa shape index (κ2) is 6.64. The van der Waals surface area contributed by atoms with Crippen LogP contribution in [-0.4, -0.2) is 28.5 Å². The zero-order chi connectivity index (χ0) is 18.0. The van der Waals surface area contributed by atoms with Gasteiger partial charge in [-0.25, -0.2) is 8.42 Å². The average Bonchev–Trinajstić information content (AvgIpc) is 2.61. The molecule has 25 heavy (non-hydrogen) atoms. The molecule has 2 aromatic carbocycles. The predicted octanol–water partition coefficient (Wildman–Crippen LogP) is 2.39. The molecule has 0 saturated heterocycles. The number of hydrogen-bond donors (Lipinski definition) is 2. The number of carbonyl (C=O) groups is 1. The zero-order valence-corrected chi connectivity index (χ0v) is 14.6. The number of benzene rings is 2. The first-order valence-corrected chi connectivity index (χ1v) is 9.09. The lowest BCUT2D eigenvalue weighted by Crippen LogP contribution is -2.19. The predicted molar refractivity (Wildman–Crippen MR) is 93.7 cm³/mol. The number of rotatable bonds is 5. The van der Waals surface area contributed by atoms with Crippen molar-refractivity contribution in [3.05, 3.63) is 42.0 Å². The van der Waals surface area contributed by atoms with Gasteiger partial charge < -0.3 is 14.8 Å². The molecule has 0 saturated carbocycles. The average molecular weight is 362 g/mol. The van der Waals surface area contributed by atoms with E-state index in [1.54, 1.807) is 24.3 Å². The lowest BCUT2D eigenvalue weighted by molar-refractivity contribution is -0.116. The third-order valence-corrected chi connectivity index (χ3v) is 5.33. The fourth-order valence-electron chi connectivity index (χ4n) is 2.65. The second-order valence-electron chi connectivity index (χ2n) is 5.54. The van der Waals surface area contributed by atoms with E-state index < -0.39 is 10.0 Å². The lowest BCUT2D eigenvalue weighted by Gasteiger charge is -2.18. The molecule has 2 aromatic rings. The third kappa shape index (κ3) is 3.53. The summed E-state index contributed by atoms with van der Waals surface area (Å²) in [6.07, 6.45) is 0.956. The molecule has 1 heterocycles. The highest BCUT2D eigenvalue weighted by molar-refractivity contribution is 7.92. The van der Waals surface area contributed by atoms with E-state index >= 15 is 0 Å². The fraction of sp³-hybridized carbons (Fsp3) is 0.235. The van der Waals surface area contributed by atoms with E-state index in [2.05, 4.69) is 10.0 Å². The molecule has 0 fully saturated rings. The second-order valence-corrected chi connectivity index (χ2v) is 7.19. The lowest BCUT2D eigenvalue weighted by atomic mass is 10.0. The highest BCUT2D eigenvalue weighted by atomic mass is 32.2. The molecule has 8 heteroatoms. The van der Waals surface area contributed by atoms with Crippen LogP contribution in [0, 0.1) is 0 Å². The van der Waals surface area contributed by atoms with Crippen LogP contribution in [0.5, 0.6) is 11.5 Å². The highest BCUT2D eigenvalue weighted by Gasteiger charge is 2.21. The van der Waals surface area contributed by atoms with Gasteiger partial charge in [-0.2, -0.15) is 0 Å². The Morgan fingerprint density at radius 3 is 2.56 bits per heavy atom. The van der Waals surface area contributed by atoms with Crippen molar-refractivity contribution in [1.29, 1.82) is 0 Å². The van der Waals surface area contributed by atoms with Crippen LogP contribution in [0.4, 0.5) is 11.4 Å². The van der Waals surface area contributed by atoms with Crippen LogP contribution in [0.2, 0.25) is 0 Å². The summed E-state index contributed by atoms with van der Waals surface area (Å²) in [5.74, 6) is 0.654. The van der Waals surface area contributed by atoms with Gasteiger partial charge in [0.05, 0.1) is 14.2 Å². The highest BCUT2D eigenvalue weighted by Crippen LogP contribution is 2.31. The monoisotopic (exact) mass is 362 g/mol. The number of sulfonamides is 1. The van der Waals surface area contributed by atoms with Crippen molar-refractivity contribution in [2.45, 2.75) is 17.7 Å². The Morgan fingerprint density at radius 2 is 1.84 bits per heavy atom. The van der Waals surface area contributed by atoms with Crippen molar-refractivity contribution < 1.29 is 22.7 Å². The van der Waals surface area contributed by atoms with Crippen LogP contribution in [-0.2, 0) is 21.2 Å². The fourth-order valence-corrected chi connectivity index (χ4v) is 3.86. The summed E-state index contributed by atoms with van der Waals surface area (Å²) >= 11 is 0. The summed E-state index contributed by atoms with van der Waals surface area (Å²) in [7, 11) is -0.945. The number of aryl methyl sites for hydroxylation is 1. The van der Waals surface area contributed by atoms with E-state index in [-0.39, 0.29) is 16.6 Å². The summed E-state index contributed by atoms with van der Waals surface area (Å²) in [5, 5.41) is 2.76. The topological polar surface area (TPSA) is 93.7 Å². The summed E-state index contributed by atoms with van der Waals surface area (Å²) in [6, 6.07) is 9.52. The Balaban J connectivity index is 1.91. The molecule has 0 spiro atoms. The standard InChI is InChI=1S/C17H18N2O5S/c1-23-13-5-7-16(15(10-13)24-2)25(21,22)19-12-4-6-14-11(9-12)3-8-17(20)18-14/h4-7,9-10,19H,3,8H2,1-2H3,(H,18,20). The van der Waals surface area contributed by atoms with E-state index in [1.165, 1.54) is 26.4 Å². The van der Waals surface area contributed by atoms with Crippen molar-refractivity contribution >= 4 is 27.3 Å². The van der Waals surface area contributed by atoms with Gasteiger partial charge in [-0.15, -0.1) is 0 Å². The molecule has 132 valence electrons. The number of carbonyl (C=O) groups excluding carboxylic acids is 1. The smallest absolute Gasteiger partial charge is 0.265 e. The maximum absolute atomic E-state index is 12.7. The normalized spacial score (nSPS) is 13.6. The number of ether oxygens (including phenoxy) is 2. The van der Waals surface area contributed by atoms with Gasteiger partial charge in [-0.05, 0) is 42.3 Å². The largest absolute Gasteiger partial charge is 0.497 e. The van der Waals surface area contributed by atoms with E-state index in [4.69, 9.17) is 9.47 Å². The first-order chi connectivity index (χ1) is 11.9. The Hall–Kier alpha value is -2.74. The van der Waals surface area contributed by atoms with Gasteiger partial charge in [-0.1, -0.05) is 0 Å². The molecule has 7 nitrogen and oxygen atoms in total. The molecule has 0 bridgehead atoms. The van der Waals surface area contributed by atoms with Crippen molar-refractivity contribution in [1.82, 2.24) is 0 Å². The van der Waals surface area contributed by atoms with Crippen LogP contribution < -0.4 is 19.5 Å². The minimum Gasteiger partial charge on any atom is -0.497 e. The molecular formula is C17H18N2O5S. The Morgan fingerprint density at radius 1 is 1.04 bits per heavy atom. The van der Waals surface area contributed by atoms with Crippen molar-refractivity contribution in [3.63, 3.8) is 0 Å². The molecule has 0 atom stereocenters. The SMILES string of the molecule is COc1ccc(S(=O)(=O)Nc2ccc3c(c2)CCC(=O)N3)c(OC)c1. The number of nitrogens with one attached hydrogen (secondary N) is 2. The molecule has 2 N–H and O–H groups in total. The van der Waals surface area contributed by atoms with Crippen molar-refractivity contribution in [2.24, 2.45) is 0 Å².